The summed E-state index contributed by atoms with van der Waals surface area (Å²) < 4.78 is 47.6. The van der Waals surface area contributed by atoms with Crippen molar-refractivity contribution >= 4 is 0 Å². The SMILES string of the molecule is CCCCCCN(C)CCOCCOCCOCCO.CCCCN(CCCC)CCOCCOCCOCCO.CN(C)CCOCCOCCOCCO. The van der Waals surface area contributed by atoms with Crippen LogP contribution in [0.1, 0.15) is 72.1 Å². The maximum absolute atomic E-state index is 8.53. The molecule has 0 aromatic rings. The maximum Gasteiger partial charge on any atom is 0.0701 e. The molecule has 0 rings (SSSR count). The molecule has 0 unspecified atom stereocenters. The molecule has 3 N–H and O–H groups in total. The highest BCUT2D eigenvalue weighted by Gasteiger charge is 2.04. The highest BCUT2D eigenvalue weighted by molar-refractivity contribution is 4.57. The third-order valence-electron chi connectivity index (χ3n) is 7.84. The molecule has 15 nitrogen and oxygen atoms in total. The minimum atomic E-state index is 0.0631. The van der Waals surface area contributed by atoms with Crippen molar-refractivity contribution in [3.63, 3.8) is 0 Å². The van der Waals surface area contributed by atoms with Crippen molar-refractivity contribution in [3.05, 3.63) is 0 Å². The zero-order valence-corrected chi connectivity index (χ0v) is 37.1. The summed E-state index contributed by atoms with van der Waals surface area (Å²) in [5.74, 6) is 0. The van der Waals surface area contributed by atoms with Crippen molar-refractivity contribution in [2.45, 2.75) is 72.1 Å². The normalized spacial score (nSPS) is 11.4. The first kappa shape index (κ1) is 59.7. The van der Waals surface area contributed by atoms with Crippen LogP contribution in [0, 0.1) is 0 Å². The van der Waals surface area contributed by atoms with Gasteiger partial charge in [-0.15, -0.1) is 0 Å². The minimum absolute atomic E-state index is 0.0631. The summed E-state index contributed by atoms with van der Waals surface area (Å²) in [6.07, 6.45) is 10.3. The number of nitrogens with zero attached hydrogens (tertiary/aromatic N) is 3. The van der Waals surface area contributed by atoms with Crippen LogP contribution in [0.5, 0.6) is 0 Å². The van der Waals surface area contributed by atoms with Gasteiger partial charge in [-0.05, 0) is 60.0 Å². The summed E-state index contributed by atoms with van der Waals surface area (Å²) in [5, 5.41) is 25.5. The van der Waals surface area contributed by atoms with Gasteiger partial charge >= 0.3 is 0 Å². The molecular formula is C41H91N3O12. The van der Waals surface area contributed by atoms with Crippen molar-refractivity contribution in [1.82, 2.24) is 14.7 Å². The number of aliphatic hydroxyl groups excluding tert-OH is 3. The first-order chi connectivity index (χ1) is 27.4. The molecule has 0 aliphatic rings. The predicted octanol–water partition coefficient (Wildman–Crippen LogP) is 3.06. The smallest absolute Gasteiger partial charge is 0.0701 e. The topological polar surface area (TPSA) is 153 Å². The van der Waals surface area contributed by atoms with E-state index in [1.165, 1.54) is 64.5 Å². The Morgan fingerprint density at radius 3 is 0.964 bits per heavy atom. The van der Waals surface area contributed by atoms with Crippen molar-refractivity contribution in [2.24, 2.45) is 0 Å². The van der Waals surface area contributed by atoms with E-state index >= 15 is 0 Å². The van der Waals surface area contributed by atoms with Gasteiger partial charge in [-0.2, -0.15) is 0 Å². The molecule has 0 heterocycles. The van der Waals surface area contributed by atoms with E-state index in [4.69, 9.17) is 58.0 Å². The number of rotatable bonds is 44. The minimum Gasteiger partial charge on any atom is -0.394 e. The van der Waals surface area contributed by atoms with Gasteiger partial charge in [0.15, 0.2) is 0 Å². The lowest BCUT2D eigenvalue weighted by molar-refractivity contribution is 0.00452. The Morgan fingerprint density at radius 2 is 0.625 bits per heavy atom. The van der Waals surface area contributed by atoms with Crippen LogP contribution in [-0.4, -0.2) is 229 Å². The molecule has 0 aliphatic carbocycles. The zero-order valence-electron chi connectivity index (χ0n) is 37.1. The van der Waals surface area contributed by atoms with Crippen LogP contribution in [0.2, 0.25) is 0 Å². The van der Waals surface area contributed by atoms with Gasteiger partial charge in [-0.25, -0.2) is 0 Å². The van der Waals surface area contributed by atoms with Gasteiger partial charge in [0.05, 0.1) is 139 Å². The highest BCUT2D eigenvalue weighted by Crippen LogP contribution is 2.00. The predicted molar refractivity (Wildman–Crippen MR) is 225 cm³/mol. The van der Waals surface area contributed by atoms with E-state index in [-0.39, 0.29) is 19.8 Å². The van der Waals surface area contributed by atoms with Gasteiger partial charge in [0.1, 0.15) is 0 Å². The average molecular weight is 818 g/mol. The van der Waals surface area contributed by atoms with E-state index in [2.05, 4.69) is 42.5 Å². The number of unbranched alkanes of at least 4 members (excludes halogenated alkanes) is 5. The van der Waals surface area contributed by atoms with Gasteiger partial charge in [-0.1, -0.05) is 52.9 Å². The molecule has 342 valence electrons. The van der Waals surface area contributed by atoms with Crippen LogP contribution in [0.15, 0.2) is 0 Å². The summed E-state index contributed by atoms with van der Waals surface area (Å²) in [6.45, 7) is 23.7. The van der Waals surface area contributed by atoms with Crippen molar-refractivity contribution in [2.75, 3.05) is 199 Å². The number of hydrogen-bond donors (Lipinski definition) is 3. The quantitative estimate of drug-likeness (QED) is 0.0772. The Hall–Kier alpha value is -0.600. The van der Waals surface area contributed by atoms with Gasteiger partial charge < -0.3 is 72.7 Å². The molecular weight excluding hydrogens is 726 g/mol. The van der Waals surface area contributed by atoms with Gasteiger partial charge in [-0.3, -0.25) is 0 Å². The molecule has 0 fully saturated rings. The van der Waals surface area contributed by atoms with Crippen LogP contribution in [0.3, 0.4) is 0 Å². The molecule has 0 aliphatic heterocycles. The van der Waals surface area contributed by atoms with Crippen molar-refractivity contribution in [3.8, 4) is 0 Å². The number of hydrogen-bond acceptors (Lipinski definition) is 15. The fraction of sp³-hybridized carbons (Fsp3) is 1.00. The highest BCUT2D eigenvalue weighted by atomic mass is 16.6. The first-order valence-corrected chi connectivity index (χ1v) is 21.5. The summed E-state index contributed by atoms with van der Waals surface area (Å²) in [5.41, 5.74) is 0. The van der Waals surface area contributed by atoms with Crippen molar-refractivity contribution < 1.29 is 58.0 Å². The molecule has 0 aromatic heterocycles. The molecule has 0 spiro atoms. The second kappa shape index (κ2) is 56.5. The monoisotopic (exact) mass is 818 g/mol. The molecule has 0 radical (unpaired) electrons. The Balaban J connectivity index is -0.000000764. The Morgan fingerprint density at radius 1 is 0.304 bits per heavy atom. The van der Waals surface area contributed by atoms with Gasteiger partial charge in [0.2, 0.25) is 0 Å². The largest absolute Gasteiger partial charge is 0.394 e. The lowest BCUT2D eigenvalue weighted by atomic mass is 10.2. The second-order valence-electron chi connectivity index (χ2n) is 13.4. The maximum atomic E-state index is 8.53. The molecule has 15 heteroatoms. The van der Waals surface area contributed by atoms with E-state index in [9.17, 15) is 0 Å². The van der Waals surface area contributed by atoms with E-state index in [1.54, 1.807) is 0 Å². The van der Waals surface area contributed by atoms with Crippen LogP contribution >= 0.6 is 0 Å². The first-order valence-electron chi connectivity index (χ1n) is 21.5. The Bertz CT molecular complexity index is 655. The van der Waals surface area contributed by atoms with E-state index < -0.39 is 0 Å². The van der Waals surface area contributed by atoms with Gasteiger partial charge in [0.25, 0.3) is 0 Å². The molecule has 0 amide bonds. The summed E-state index contributed by atoms with van der Waals surface area (Å²) >= 11 is 0. The Labute approximate surface area is 343 Å². The number of aliphatic hydroxyl groups is 3. The second-order valence-corrected chi connectivity index (χ2v) is 13.4. The van der Waals surface area contributed by atoms with E-state index in [0.717, 1.165) is 46.0 Å². The Kier molecular flexibility index (Phi) is 60.2. The summed E-state index contributed by atoms with van der Waals surface area (Å²) in [6, 6.07) is 0. The number of likely N-dealkylation sites (N-methyl/N-ethyl adjacent to an activating group) is 2. The lowest BCUT2D eigenvalue weighted by Gasteiger charge is -2.21. The van der Waals surface area contributed by atoms with Crippen LogP contribution in [-0.2, 0) is 42.6 Å². The third-order valence-corrected chi connectivity index (χ3v) is 7.84. The summed E-state index contributed by atoms with van der Waals surface area (Å²) in [4.78, 5) is 6.89. The van der Waals surface area contributed by atoms with Crippen molar-refractivity contribution in [1.29, 1.82) is 0 Å². The molecule has 0 saturated heterocycles. The average Bonchev–Trinajstić information content (AvgIpc) is 3.19. The fourth-order valence-corrected chi connectivity index (χ4v) is 4.50. The zero-order chi connectivity index (χ0) is 41.8. The molecule has 0 bridgehead atoms. The number of ether oxygens (including phenoxy) is 9. The molecule has 56 heavy (non-hydrogen) atoms. The van der Waals surface area contributed by atoms with Crippen LogP contribution in [0.4, 0.5) is 0 Å². The van der Waals surface area contributed by atoms with Crippen LogP contribution in [0.25, 0.3) is 0 Å². The fourth-order valence-electron chi connectivity index (χ4n) is 4.50. The van der Waals surface area contributed by atoms with Crippen LogP contribution < -0.4 is 0 Å². The summed E-state index contributed by atoms with van der Waals surface area (Å²) in [7, 11) is 6.17. The lowest BCUT2D eigenvalue weighted by Crippen LogP contribution is -2.30. The third kappa shape index (κ3) is 60.1. The molecule has 0 aromatic carbocycles. The molecule has 0 atom stereocenters. The van der Waals surface area contributed by atoms with E-state index in [0.29, 0.717) is 99.1 Å². The standard InChI is InChI=1S/C16H35NO4.C15H33NO4.C10H23NO4/c1-3-5-7-17(8-6-4-2)9-11-19-13-15-21-16-14-20-12-10-18;1-3-4-5-6-7-16(2)8-10-18-12-14-20-15-13-19-11-9-17;1-11(2)3-5-13-7-9-15-10-8-14-6-4-12/h18H,3-16H2,1-2H3;17H,3-15H2,1-2H3;12H,3-10H2,1-2H3. The molecule has 0 saturated carbocycles. The van der Waals surface area contributed by atoms with E-state index in [1.807, 2.05) is 14.1 Å². The van der Waals surface area contributed by atoms with Gasteiger partial charge in [0, 0.05) is 19.6 Å².